The minimum absolute atomic E-state index is 0.0199. The molecule has 0 saturated heterocycles. The number of carbonyl (C=O) groups excluding carboxylic acids is 2. The molecule has 1 aromatic carbocycles. The Hall–Kier alpha value is -2.64. The Balaban J connectivity index is 2.97. The van der Waals surface area contributed by atoms with Crippen molar-refractivity contribution in [2.75, 3.05) is 20.7 Å². The van der Waals surface area contributed by atoms with E-state index in [-0.39, 0.29) is 29.5 Å². The summed E-state index contributed by atoms with van der Waals surface area (Å²) in [4.78, 5) is 35.3. The summed E-state index contributed by atoms with van der Waals surface area (Å²) in [6.45, 7) is 3.39. The average molecular weight is 310 g/mol. The Morgan fingerprint density at radius 1 is 1.36 bits per heavy atom. The van der Waals surface area contributed by atoms with E-state index < -0.39 is 17.0 Å². The lowest BCUT2D eigenvalue weighted by Gasteiger charge is -2.17. The fourth-order valence-electron chi connectivity index (χ4n) is 1.71. The molecule has 0 radical (unpaired) electrons. The van der Waals surface area contributed by atoms with Gasteiger partial charge in [0.05, 0.1) is 17.1 Å². The summed E-state index contributed by atoms with van der Waals surface area (Å²) >= 11 is 0. The van der Waals surface area contributed by atoms with Crippen molar-refractivity contribution in [3.8, 4) is 5.75 Å². The zero-order chi connectivity index (χ0) is 16.9. The van der Waals surface area contributed by atoms with Gasteiger partial charge in [-0.3, -0.25) is 14.9 Å². The van der Waals surface area contributed by atoms with Crippen LogP contribution in [-0.2, 0) is 9.53 Å². The molecule has 0 aliphatic rings. The molecule has 22 heavy (non-hydrogen) atoms. The van der Waals surface area contributed by atoms with Crippen molar-refractivity contribution in [3.05, 3.63) is 33.9 Å². The fraction of sp³-hybridized carbons (Fsp3) is 0.429. The van der Waals surface area contributed by atoms with Crippen LogP contribution in [0.2, 0.25) is 0 Å². The molecule has 0 aliphatic heterocycles. The molecular formula is C14H18N2O6. The average Bonchev–Trinajstić information content (AvgIpc) is 2.46. The van der Waals surface area contributed by atoms with E-state index in [0.29, 0.717) is 0 Å². The van der Waals surface area contributed by atoms with Crippen LogP contribution in [0, 0.1) is 10.1 Å². The number of hydrogen-bond acceptors (Lipinski definition) is 6. The predicted molar refractivity (Wildman–Crippen MR) is 77.8 cm³/mol. The molecule has 0 heterocycles. The lowest BCUT2D eigenvalue weighted by atomic mass is 10.2. The summed E-state index contributed by atoms with van der Waals surface area (Å²) in [6, 6.07) is 3.75. The largest absolute Gasteiger partial charge is 0.487 e. The maximum atomic E-state index is 12.0. The van der Waals surface area contributed by atoms with Crippen LogP contribution >= 0.6 is 0 Å². The minimum atomic E-state index is -0.979. The van der Waals surface area contributed by atoms with Crippen molar-refractivity contribution >= 4 is 17.6 Å². The molecule has 1 aromatic rings. The van der Waals surface area contributed by atoms with Gasteiger partial charge in [0, 0.05) is 20.2 Å². The molecule has 0 spiro atoms. The number of nitro groups is 1. The van der Waals surface area contributed by atoms with Gasteiger partial charge in [0.15, 0.2) is 11.9 Å². The van der Waals surface area contributed by atoms with E-state index >= 15 is 0 Å². The molecule has 0 unspecified atom stereocenters. The van der Waals surface area contributed by atoms with E-state index in [1.54, 1.807) is 6.92 Å². The third-order valence-electron chi connectivity index (χ3n) is 2.76. The van der Waals surface area contributed by atoms with E-state index in [2.05, 4.69) is 0 Å². The molecule has 8 heteroatoms. The highest BCUT2D eigenvalue weighted by Gasteiger charge is 2.23. The molecule has 0 bridgehead atoms. The zero-order valence-electron chi connectivity index (χ0n) is 12.9. The van der Waals surface area contributed by atoms with Gasteiger partial charge in [-0.15, -0.1) is 0 Å². The zero-order valence-corrected chi connectivity index (χ0v) is 12.9. The number of ether oxygens (including phenoxy) is 2. The van der Waals surface area contributed by atoms with Gasteiger partial charge in [0.1, 0.15) is 0 Å². The molecule has 0 aromatic heterocycles. The van der Waals surface area contributed by atoms with Crippen LogP contribution in [0.3, 0.4) is 0 Å². The first-order valence-electron chi connectivity index (χ1n) is 6.61. The number of hydrogen-bond donors (Lipinski definition) is 0. The molecular weight excluding hydrogens is 292 g/mol. The SMILES string of the molecule is CCOc1ccc(C(=O)O[C@H](C)C(=O)N(C)C)cc1[N+](=O)[O-]. The van der Waals surface area contributed by atoms with Crippen molar-refractivity contribution < 1.29 is 24.0 Å². The Bertz CT molecular complexity index is 585. The van der Waals surface area contributed by atoms with Crippen LogP contribution in [-0.4, -0.2) is 48.5 Å². The number of amides is 1. The van der Waals surface area contributed by atoms with Crippen LogP contribution in [0.15, 0.2) is 18.2 Å². The summed E-state index contributed by atoms with van der Waals surface area (Å²) in [6.07, 6.45) is -0.979. The molecule has 0 N–H and O–H groups in total. The lowest BCUT2D eigenvalue weighted by molar-refractivity contribution is -0.385. The van der Waals surface area contributed by atoms with Gasteiger partial charge in [0.25, 0.3) is 5.91 Å². The van der Waals surface area contributed by atoms with E-state index in [9.17, 15) is 19.7 Å². The van der Waals surface area contributed by atoms with Crippen LogP contribution in [0.25, 0.3) is 0 Å². The third-order valence-corrected chi connectivity index (χ3v) is 2.76. The van der Waals surface area contributed by atoms with Crippen LogP contribution in [0.1, 0.15) is 24.2 Å². The molecule has 1 atom stereocenters. The second-order valence-corrected chi connectivity index (χ2v) is 4.65. The first-order chi connectivity index (χ1) is 10.3. The van der Waals surface area contributed by atoms with Gasteiger partial charge in [-0.05, 0) is 26.0 Å². The molecule has 8 nitrogen and oxygen atoms in total. The number of nitro benzene ring substituents is 1. The van der Waals surface area contributed by atoms with E-state index in [1.807, 2.05) is 0 Å². The molecule has 1 rings (SSSR count). The lowest BCUT2D eigenvalue weighted by Crippen LogP contribution is -2.34. The summed E-state index contributed by atoms with van der Waals surface area (Å²) in [5, 5.41) is 11.0. The summed E-state index contributed by atoms with van der Waals surface area (Å²) in [5.74, 6) is -1.12. The maximum Gasteiger partial charge on any atom is 0.339 e. The Morgan fingerprint density at radius 3 is 2.50 bits per heavy atom. The van der Waals surface area contributed by atoms with Crippen molar-refractivity contribution in [1.82, 2.24) is 4.90 Å². The molecule has 1 amide bonds. The van der Waals surface area contributed by atoms with Gasteiger partial charge in [-0.1, -0.05) is 0 Å². The smallest absolute Gasteiger partial charge is 0.339 e. The maximum absolute atomic E-state index is 12.0. The van der Waals surface area contributed by atoms with Crippen molar-refractivity contribution in [3.63, 3.8) is 0 Å². The number of esters is 1. The first kappa shape index (κ1) is 17.4. The van der Waals surface area contributed by atoms with Crippen molar-refractivity contribution in [2.45, 2.75) is 20.0 Å². The standard InChI is InChI=1S/C14H18N2O6/c1-5-21-12-7-6-10(8-11(12)16(19)20)14(18)22-9(2)13(17)15(3)4/h6-9H,5H2,1-4H3/t9-/m1/s1. The molecule has 0 saturated carbocycles. The number of likely N-dealkylation sites (N-methyl/N-ethyl adjacent to an activating group) is 1. The summed E-state index contributed by atoms with van der Waals surface area (Å²) < 4.78 is 10.1. The van der Waals surface area contributed by atoms with E-state index in [0.717, 1.165) is 6.07 Å². The van der Waals surface area contributed by atoms with Crippen LogP contribution in [0.4, 0.5) is 5.69 Å². The van der Waals surface area contributed by atoms with Crippen molar-refractivity contribution in [1.29, 1.82) is 0 Å². The topological polar surface area (TPSA) is 99.0 Å². The number of rotatable bonds is 6. The summed E-state index contributed by atoms with van der Waals surface area (Å²) in [7, 11) is 3.07. The van der Waals surface area contributed by atoms with Gasteiger partial charge < -0.3 is 14.4 Å². The predicted octanol–water partition coefficient (Wildman–Crippen LogP) is 1.63. The van der Waals surface area contributed by atoms with Gasteiger partial charge >= 0.3 is 11.7 Å². The molecule has 0 aliphatic carbocycles. The quantitative estimate of drug-likeness (QED) is 0.450. The van der Waals surface area contributed by atoms with Crippen LogP contribution < -0.4 is 4.74 Å². The fourth-order valence-corrected chi connectivity index (χ4v) is 1.71. The second kappa shape index (κ2) is 7.39. The van der Waals surface area contributed by atoms with Crippen molar-refractivity contribution in [2.24, 2.45) is 0 Å². The first-order valence-corrected chi connectivity index (χ1v) is 6.61. The van der Waals surface area contributed by atoms with E-state index in [1.165, 1.54) is 38.1 Å². The Morgan fingerprint density at radius 2 is 2.00 bits per heavy atom. The highest BCUT2D eigenvalue weighted by Crippen LogP contribution is 2.28. The van der Waals surface area contributed by atoms with E-state index in [4.69, 9.17) is 9.47 Å². The van der Waals surface area contributed by atoms with Crippen LogP contribution in [0.5, 0.6) is 5.75 Å². The number of carbonyl (C=O) groups is 2. The monoisotopic (exact) mass is 310 g/mol. The minimum Gasteiger partial charge on any atom is -0.487 e. The normalized spacial score (nSPS) is 11.5. The van der Waals surface area contributed by atoms with Gasteiger partial charge in [-0.25, -0.2) is 4.79 Å². The summed E-state index contributed by atoms with van der Waals surface area (Å²) in [5.41, 5.74) is -0.351. The molecule has 0 fully saturated rings. The number of nitrogens with zero attached hydrogens (tertiary/aromatic N) is 2. The Labute approximate surface area is 127 Å². The van der Waals surface area contributed by atoms with Gasteiger partial charge in [0.2, 0.25) is 0 Å². The Kier molecular flexibility index (Phi) is 5.85. The van der Waals surface area contributed by atoms with Gasteiger partial charge in [-0.2, -0.15) is 0 Å². The second-order valence-electron chi connectivity index (χ2n) is 4.65. The highest BCUT2D eigenvalue weighted by atomic mass is 16.6. The molecule has 120 valence electrons. The third kappa shape index (κ3) is 4.18. The highest BCUT2D eigenvalue weighted by molar-refractivity contribution is 5.93. The number of benzene rings is 1.